The molecule has 0 heterocycles. The van der Waals surface area contributed by atoms with Gasteiger partial charge >= 0.3 is 5.97 Å². The van der Waals surface area contributed by atoms with Crippen LogP contribution >= 0.6 is 0 Å². The number of methoxy groups -OCH3 is 1. The molecule has 5 heteroatoms. The van der Waals surface area contributed by atoms with Gasteiger partial charge in [-0.15, -0.1) is 0 Å². The largest absolute Gasteiger partial charge is 0.494 e. The first-order chi connectivity index (χ1) is 13.6. The maximum Gasteiger partial charge on any atom is 0.379 e. The van der Waals surface area contributed by atoms with E-state index in [0.717, 1.165) is 17.9 Å². The van der Waals surface area contributed by atoms with Crippen molar-refractivity contribution < 1.29 is 23.9 Å². The van der Waals surface area contributed by atoms with Gasteiger partial charge in [-0.2, -0.15) is 0 Å². The number of ether oxygens (including phenoxy) is 2. The Labute approximate surface area is 162 Å². The van der Waals surface area contributed by atoms with Crippen molar-refractivity contribution in [2.24, 2.45) is 0 Å². The first-order valence-electron chi connectivity index (χ1n) is 8.96. The Balaban J connectivity index is 1.49. The Bertz CT molecular complexity index is 1000. The van der Waals surface area contributed by atoms with Crippen LogP contribution in [0.4, 0.5) is 0 Å². The van der Waals surface area contributed by atoms with Gasteiger partial charge in [0.25, 0.3) is 5.78 Å². The van der Waals surface area contributed by atoms with E-state index < -0.39 is 11.8 Å². The standard InChI is InChI=1S/C23H20O5/c1-27-23(26)22(25)17-10-12-20(13-11-17)28-14-4-7-21(24)19-9-8-16-5-2-3-6-18(16)15-19/h2-3,5-6,8-13,15H,4,7,14H2,1H3. The number of esters is 1. The molecular weight excluding hydrogens is 356 g/mol. The zero-order valence-electron chi connectivity index (χ0n) is 15.5. The number of fused-ring (bicyclic) bond motifs is 1. The molecule has 0 aliphatic carbocycles. The second-order valence-corrected chi connectivity index (χ2v) is 6.28. The number of carbonyl (C=O) groups excluding carboxylic acids is 3. The number of hydrogen-bond donors (Lipinski definition) is 0. The highest BCUT2D eigenvalue weighted by atomic mass is 16.5. The molecule has 0 aromatic heterocycles. The van der Waals surface area contributed by atoms with Crippen molar-refractivity contribution in [3.8, 4) is 5.75 Å². The number of ketones is 2. The minimum absolute atomic E-state index is 0.0772. The van der Waals surface area contributed by atoms with E-state index in [1.54, 1.807) is 12.1 Å². The van der Waals surface area contributed by atoms with Crippen LogP contribution in [0.3, 0.4) is 0 Å². The monoisotopic (exact) mass is 376 g/mol. The first-order valence-corrected chi connectivity index (χ1v) is 8.96. The number of benzene rings is 3. The summed E-state index contributed by atoms with van der Waals surface area (Å²) in [5, 5.41) is 2.16. The molecule has 0 spiro atoms. The number of Topliss-reactive ketones (excluding diaryl/α,β-unsaturated/α-hetero) is 2. The molecular formula is C23H20O5. The SMILES string of the molecule is COC(=O)C(=O)c1ccc(OCCCC(=O)c2ccc3ccccc3c2)cc1. The molecule has 0 aliphatic rings. The lowest BCUT2D eigenvalue weighted by molar-refractivity contribution is -0.135. The van der Waals surface area contributed by atoms with Crippen LogP contribution in [0.5, 0.6) is 5.75 Å². The summed E-state index contributed by atoms with van der Waals surface area (Å²) in [4.78, 5) is 35.3. The number of carbonyl (C=O) groups is 3. The Kier molecular flexibility index (Phi) is 6.17. The Morgan fingerprint density at radius 1 is 0.821 bits per heavy atom. The average Bonchev–Trinajstić information content (AvgIpc) is 2.75. The zero-order chi connectivity index (χ0) is 19.9. The molecule has 3 aromatic rings. The molecule has 0 amide bonds. The maximum absolute atomic E-state index is 12.4. The van der Waals surface area contributed by atoms with Crippen LogP contribution in [0.25, 0.3) is 10.8 Å². The molecule has 3 aromatic carbocycles. The molecule has 3 rings (SSSR count). The van der Waals surface area contributed by atoms with Gasteiger partial charge in [0.05, 0.1) is 13.7 Å². The van der Waals surface area contributed by atoms with E-state index in [9.17, 15) is 14.4 Å². The molecule has 0 fully saturated rings. The van der Waals surface area contributed by atoms with E-state index in [2.05, 4.69) is 4.74 Å². The van der Waals surface area contributed by atoms with Crippen LogP contribution < -0.4 is 4.74 Å². The van der Waals surface area contributed by atoms with Crippen molar-refractivity contribution in [2.75, 3.05) is 13.7 Å². The fourth-order valence-electron chi connectivity index (χ4n) is 2.84. The highest BCUT2D eigenvalue weighted by Crippen LogP contribution is 2.18. The molecule has 0 N–H and O–H groups in total. The summed E-state index contributed by atoms with van der Waals surface area (Å²) in [7, 11) is 1.16. The van der Waals surface area contributed by atoms with Crippen LogP contribution in [-0.4, -0.2) is 31.3 Å². The second-order valence-electron chi connectivity index (χ2n) is 6.28. The third-order valence-corrected chi connectivity index (χ3v) is 4.38. The fourth-order valence-corrected chi connectivity index (χ4v) is 2.84. The highest BCUT2D eigenvalue weighted by molar-refractivity contribution is 6.40. The van der Waals surface area contributed by atoms with Crippen LogP contribution in [-0.2, 0) is 9.53 Å². The lowest BCUT2D eigenvalue weighted by atomic mass is 10.0. The van der Waals surface area contributed by atoms with Gasteiger partial charge < -0.3 is 9.47 Å². The number of hydrogen-bond acceptors (Lipinski definition) is 5. The second kappa shape index (κ2) is 8.95. The summed E-state index contributed by atoms with van der Waals surface area (Å²) >= 11 is 0. The van der Waals surface area contributed by atoms with E-state index in [1.807, 2.05) is 42.5 Å². The molecule has 0 atom stereocenters. The van der Waals surface area contributed by atoms with Gasteiger partial charge in [-0.3, -0.25) is 9.59 Å². The maximum atomic E-state index is 12.4. The fraction of sp³-hybridized carbons (Fsp3) is 0.174. The first kappa shape index (κ1) is 19.3. The average molecular weight is 376 g/mol. The predicted octanol–water partition coefficient (Wildman–Crippen LogP) is 4.24. The lowest BCUT2D eigenvalue weighted by Gasteiger charge is -2.07. The molecule has 0 aliphatic heterocycles. The normalized spacial score (nSPS) is 10.5. The van der Waals surface area contributed by atoms with Gasteiger partial charge in [-0.25, -0.2) is 4.79 Å². The molecule has 28 heavy (non-hydrogen) atoms. The van der Waals surface area contributed by atoms with Crippen molar-refractivity contribution >= 4 is 28.3 Å². The van der Waals surface area contributed by atoms with Gasteiger partial charge in [0.15, 0.2) is 5.78 Å². The zero-order valence-corrected chi connectivity index (χ0v) is 15.5. The van der Waals surface area contributed by atoms with Crippen LogP contribution in [0.1, 0.15) is 33.6 Å². The summed E-state index contributed by atoms with van der Waals surface area (Å²) in [6.07, 6.45) is 0.964. The smallest absolute Gasteiger partial charge is 0.379 e. The Hall–Kier alpha value is -3.47. The van der Waals surface area contributed by atoms with Crippen LogP contribution in [0.15, 0.2) is 66.7 Å². The van der Waals surface area contributed by atoms with E-state index in [1.165, 1.54) is 12.1 Å². The summed E-state index contributed by atoms with van der Waals surface area (Å²) in [6.45, 7) is 0.379. The predicted molar refractivity (Wildman–Crippen MR) is 106 cm³/mol. The van der Waals surface area contributed by atoms with Gasteiger partial charge in [0, 0.05) is 17.5 Å². The van der Waals surface area contributed by atoms with Gasteiger partial charge in [0.2, 0.25) is 0 Å². The Morgan fingerprint density at radius 2 is 1.50 bits per heavy atom. The van der Waals surface area contributed by atoms with Crippen LogP contribution in [0, 0.1) is 0 Å². The molecule has 142 valence electrons. The minimum Gasteiger partial charge on any atom is -0.494 e. The molecule has 0 bridgehead atoms. The topological polar surface area (TPSA) is 69.7 Å². The van der Waals surface area contributed by atoms with E-state index in [0.29, 0.717) is 30.8 Å². The Morgan fingerprint density at radius 3 is 2.21 bits per heavy atom. The van der Waals surface area contributed by atoms with E-state index in [4.69, 9.17) is 4.74 Å². The third-order valence-electron chi connectivity index (χ3n) is 4.38. The number of rotatable bonds is 8. The molecule has 0 saturated heterocycles. The van der Waals surface area contributed by atoms with E-state index in [-0.39, 0.29) is 11.3 Å². The van der Waals surface area contributed by atoms with Crippen molar-refractivity contribution in [3.63, 3.8) is 0 Å². The van der Waals surface area contributed by atoms with Crippen molar-refractivity contribution in [2.45, 2.75) is 12.8 Å². The third kappa shape index (κ3) is 4.62. The van der Waals surface area contributed by atoms with Gasteiger partial charge in [-0.05, 0) is 47.5 Å². The van der Waals surface area contributed by atoms with Crippen molar-refractivity contribution in [3.05, 3.63) is 77.9 Å². The van der Waals surface area contributed by atoms with Gasteiger partial charge in [0.1, 0.15) is 5.75 Å². The summed E-state index contributed by atoms with van der Waals surface area (Å²) < 4.78 is 10.0. The van der Waals surface area contributed by atoms with Crippen molar-refractivity contribution in [1.82, 2.24) is 0 Å². The van der Waals surface area contributed by atoms with E-state index >= 15 is 0 Å². The highest BCUT2D eigenvalue weighted by Gasteiger charge is 2.16. The van der Waals surface area contributed by atoms with Gasteiger partial charge in [-0.1, -0.05) is 36.4 Å². The minimum atomic E-state index is -0.902. The summed E-state index contributed by atoms with van der Waals surface area (Å²) in [5.41, 5.74) is 0.940. The lowest BCUT2D eigenvalue weighted by Crippen LogP contribution is -2.15. The van der Waals surface area contributed by atoms with Crippen molar-refractivity contribution in [1.29, 1.82) is 0 Å². The molecule has 0 unspecified atom stereocenters. The quantitative estimate of drug-likeness (QED) is 0.255. The summed E-state index contributed by atoms with van der Waals surface area (Å²) in [6, 6.07) is 19.9. The van der Waals surface area contributed by atoms with Crippen LogP contribution in [0.2, 0.25) is 0 Å². The molecule has 0 saturated carbocycles. The summed E-state index contributed by atoms with van der Waals surface area (Å²) in [5.74, 6) is -0.955. The molecule has 0 radical (unpaired) electrons. The molecule has 5 nitrogen and oxygen atoms in total.